The van der Waals surface area contributed by atoms with Crippen LogP contribution in [0.15, 0.2) is 54.6 Å². The first-order valence-corrected chi connectivity index (χ1v) is 9.94. The van der Waals surface area contributed by atoms with Gasteiger partial charge in [-0.05, 0) is 24.6 Å². The number of carbonyl (C=O) groups excluding carboxylic acids is 1. The van der Waals surface area contributed by atoms with Gasteiger partial charge >= 0.3 is 0 Å². The topological polar surface area (TPSA) is 24.8 Å². The molecule has 1 saturated heterocycles. The predicted octanol–water partition coefficient (Wildman–Crippen LogP) is 3.18. The van der Waals surface area contributed by atoms with Crippen LogP contribution in [0.3, 0.4) is 0 Å². The molecule has 2 aromatic rings. The molecule has 138 valence electrons. The van der Waals surface area contributed by atoms with Gasteiger partial charge in [0, 0.05) is 42.4 Å². The second-order valence-corrected chi connectivity index (χ2v) is 7.60. The van der Waals surface area contributed by atoms with Gasteiger partial charge < -0.3 is 9.80 Å². The molecule has 1 heterocycles. The monoisotopic (exact) mass is 371 g/mol. The van der Waals surface area contributed by atoms with Crippen LogP contribution < -0.4 is 4.90 Å². The van der Waals surface area contributed by atoms with E-state index in [1.807, 2.05) is 35.2 Å². The molecule has 26 heavy (non-hydrogen) atoms. The van der Waals surface area contributed by atoms with Gasteiger partial charge in [-0.2, -0.15) is 0 Å². The summed E-state index contributed by atoms with van der Waals surface area (Å²) in [5.41, 5.74) is 2.52. The number of benzene rings is 2. The molecule has 1 amide bonds. The lowest BCUT2D eigenvalue weighted by Gasteiger charge is -2.32. The molecule has 0 atom stereocenters. The highest BCUT2D eigenvalue weighted by Gasteiger charge is 2.30. The number of nitrogens with one attached hydrogen (secondary N) is 1. The summed E-state index contributed by atoms with van der Waals surface area (Å²) in [4.78, 5) is 16.5. The average Bonchev–Trinajstić information content (AvgIpc) is 2.69. The SMILES string of the molecule is CCN(Cc1ccccc1)C(=O)C1CC[NH+](Cc2ccc(Cl)cc2)CC1. The number of rotatable bonds is 6. The van der Waals surface area contributed by atoms with Crippen LogP contribution in [-0.2, 0) is 17.9 Å². The van der Waals surface area contributed by atoms with E-state index in [0.29, 0.717) is 12.5 Å². The van der Waals surface area contributed by atoms with Gasteiger partial charge in [-0.25, -0.2) is 0 Å². The molecule has 0 aliphatic carbocycles. The summed E-state index contributed by atoms with van der Waals surface area (Å²) in [6, 6.07) is 18.4. The van der Waals surface area contributed by atoms with Crippen molar-refractivity contribution in [2.45, 2.75) is 32.9 Å². The van der Waals surface area contributed by atoms with Crippen LogP contribution in [0.25, 0.3) is 0 Å². The third-order valence-corrected chi connectivity index (χ3v) is 5.57. The van der Waals surface area contributed by atoms with Gasteiger partial charge in [-0.3, -0.25) is 4.79 Å². The van der Waals surface area contributed by atoms with Crippen LogP contribution in [0.1, 0.15) is 30.9 Å². The number of nitrogens with zero attached hydrogens (tertiary/aromatic N) is 1. The summed E-state index contributed by atoms with van der Waals surface area (Å²) in [7, 11) is 0. The van der Waals surface area contributed by atoms with Crippen molar-refractivity contribution < 1.29 is 9.69 Å². The molecule has 3 rings (SSSR count). The molecule has 1 fully saturated rings. The Bertz CT molecular complexity index is 694. The predicted molar refractivity (Wildman–Crippen MR) is 106 cm³/mol. The molecule has 0 bridgehead atoms. The van der Waals surface area contributed by atoms with Crippen molar-refractivity contribution in [3.63, 3.8) is 0 Å². The first-order chi connectivity index (χ1) is 12.7. The van der Waals surface area contributed by atoms with E-state index in [2.05, 4.69) is 31.2 Å². The second-order valence-electron chi connectivity index (χ2n) is 7.17. The Kier molecular flexibility index (Phi) is 6.70. The average molecular weight is 372 g/mol. The third-order valence-electron chi connectivity index (χ3n) is 5.32. The lowest BCUT2D eigenvalue weighted by molar-refractivity contribution is -0.919. The first-order valence-electron chi connectivity index (χ1n) is 9.56. The molecular weight excluding hydrogens is 344 g/mol. The molecule has 0 aromatic heterocycles. The van der Waals surface area contributed by atoms with E-state index in [-0.39, 0.29) is 5.92 Å². The number of amides is 1. The Morgan fingerprint density at radius 3 is 2.31 bits per heavy atom. The van der Waals surface area contributed by atoms with E-state index in [1.54, 1.807) is 4.90 Å². The van der Waals surface area contributed by atoms with E-state index < -0.39 is 0 Å². The Labute approximate surface area is 161 Å². The zero-order valence-corrected chi connectivity index (χ0v) is 16.2. The summed E-state index contributed by atoms with van der Waals surface area (Å²) < 4.78 is 0. The maximum Gasteiger partial charge on any atom is 0.226 e. The van der Waals surface area contributed by atoms with Gasteiger partial charge in [0.15, 0.2) is 0 Å². The molecule has 1 aliphatic rings. The highest BCUT2D eigenvalue weighted by Crippen LogP contribution is 2.16. The Hall–Kier alpha value is -1.84. The van der Waals surface area contributed by atoms with E-state index in [1.165, 1.54) is 11.1 Å². The number of hydrogen-bond acceptors (Lipinski definition) is 1. The van der Waals surface area contributed by atoms with Gasteiger partial charge in [0.25, 0.3) is 0 Å². The smallest absolute Gasteiger partial charge is 0.226 e. The summed E-state index contributed by atoms with van der Waals surface area (Å²) in [5.74, 6) is 0.495. The third kappa shape index (κ3) is 5.09. The van der Waals surface area contributed by atoms with Crippen LogP contribution in [0, 0.1) is 5.92 Å². The number of quaternary nitrogens is 1. The van der Waals surface area contributed by atoms with E-state index in [4.69, 9.17) is 11.6 Å². The van der Waals surface area contributed by atoms with Crippen LogP contribution in [0.2, 0.25) is 5.02 Å². The minimum absolute atomic E-state index is 0.174. The minimum atomic E-state index is 0.174. The quantitative estimate of drug-likeness (QED) is 0.828. The Morgan fingerprint density at radius 1 is 1.04 bits per heavy atom. The molecule has 0 unspecified atom stereocenters. The normalized spacial score (nSPS) is 19.9. The van der Waals surface area contributed by atoms with Crippen LogP contribution >= 0.6 is 11.6 Å². The van der Waals surface area contributed by atoms with Crippen molar-refractivity contribution in [2.75, 3.05) is 19.6 Å². The fraction of sp³-hybridized carbons (Fsp3) is 0.409. The van der Waals surface area contributed by atoms with Crippen molar-refractivity contribution in [2.24, 2.45) is 5.92 Å². The summed E-state index contributed by atoms with van der Waals surface area (Å²) in [6.45, 7) is 6.69. The van der Waals surface area contributed by atoms with Crippen molar-refractivity contribution in [3.8, 4) is 0 Å². The van der Waals surface area contributed by atoms with Crippen molar-refractivity contribution >= 4 is 17.5 Å². The number of halogens is 1. The van der Waals surface area contributed by atoms with Crippen LogP contribution in [0.5, 0.6) is 0 Å². The molecule has 0 saturated carbocycles. The lowest BCUT2D eigenvalue weighted by Crippen LogP contribution is -3.11. The van der Waals surface area contributed by atoms with Crippen molar-refractivity contribution in [3.05, 3.63) is 70.7 Å². The molecule has 0 radical (unpaired) electrons. The van der Waals surface area contributed by atoms with Gasteiger partial charge in [-0.1, -0.05) is 54.1 Å². The fourth-order valence-electron chi connectivity index (χ4n) is 3.75. The number of carbonyl (C=O) groups is 1. The Balaban J connectivity index is 1.51. The largest absolute Gasteiger partial charge is 0.338 e. The first kappa shape index (κ1) is 18.9. The van der Waals surface area contributed by atoms with E-state index in [0.717, 1.165) is 44.0 Å². The maximum atomic E-state index is 12.9. The van der Waals surface area contributed by atoms with Gasteiger partial charge in [0.2, 0.25) is 5.91 Å². The molecule has 4 heteroatoms. The lowest BCUT2D eigenvalue weighted by atomic mass is 9.94. The van der Waals surface area contributed by atoms with Crippen molar-refractivity contribution in [1.82, 2.24) is 4.90 Å². The van der Waals surface area contributed by atoms with E-state index in [9.17, 15) is 4.79 Å². The molecular formula is C22H28ClN2O+. The van der Waals surface area contributed by atoms with Crippen molar-refractivity contribution in [1.29, 1.82) is 0 Å². The van der Waals surface area contributed by atoms with Gasteiger partial charge in [0.1, 0.15) is 6.54 Å². The molecule has 1 aliphatic heterocycles. The standard InChI is InChI=1S/C22H27ClN2O/c1-2-25(17-18-6-4-3-5-7-18)22(26)20-12-14-24(15-13-20)16-19-8-10-21(23)11-9-19/h3-11,20H,2,12-17H2,1H3/p+1. The molecule has 0 spiro atoms. The van der Waals surface area contributed by atoms with Gasteiger partial charge in [-0.15, -0.1) is 0 Å². The number of piperidine rings is 1. The van der Waals surface area contributed by atoms with E-state index >= 15 is 0 Å². The zero-order valence-electron chi connectivity index (χ0n) is 15.5. The highest BCUT2D eigenvalue weighted by atomic mass is 35.5. The highest BCUT2D eigenvalue weighted by molar-refractivity contribution is 6.30. The minimum Gasteiger partial charge on any atom is -0.338 e. The maximum absolute atomic E-state index is 12.9. The van der Waals surface area contributed by atoms with Gasteiger partial charge in [0.05, 0.1) is 13.1 Å². The summed E-state index contributed by atoms with van der Waals surface area (Å²) in [6.07, 6.45) is 1.96. The fourth-order valence-corrected chi connectivity index (χ4v) is 3.87. The van der Waals surface area contributed by atoms with Crippen LogP contribution in [-0.4, -0.2) is 30.4 Å². The Morgan fingerprint density at radius 2 is 1.69 bits per heavy atom. The molecule has 1 N–H and O–H groups in total. The summed E-state index contributed by atoms with van der Waals surface area (Å²) in [5, 5.41) is 0.783. The summed E-state index contributed by atoms with van der Waals surface area (Å²) >= 11 is 5.96. The molecule has 3 nitrogen and oxygen atoms in total. The molecule has 2 aromatic carbocycles. The number of likely N-dealkylation sites (tertiary alicyclic amines) is 1. The zero-order chi connectivity index (χ0) is 18.4. The number of hydrogen-bond donors (Lipinski definition) is 1. The van der Waals surface area contributed by atoms with Crippen LogP contribution in [0.4, 0.5) is 0 Å². The second kappa shape index (κ2) is 9.20.